The summed E-state index contributed by atoms with van der Waals surface area (Å²) in [4.78, 5) is 16.5. The first-order valence-electron chi connectivity index (χ1n) is 8.22. The van der Waals surface area contributed by atoms with Gasteiger partial charge in [-0.3, -0.25) is 4.79 Å². The van der Waals surface area contributed by atoms with Gasteiger partial charge in [0.05, 0.1) is 25.0 Å². The van der Waals surface area contributed by atoms with Crippen molar-refractivity contribution in [1.29, 1.82) is 0 Å². The molecule has 1 aromatic rings. The van der Waals surface area contributed by atoms with Crippen LogP contribution in [-0.2, 0) is 27.2 Å². The molecule has 2 aliphatic heterocycles. The fourth-order valence-corrected chi connectivity index (χ4v) is 3.16. The van der Waals surface area contributed by atoms with Crippen molar-refractivity contribution >= 4 is 5.91 Å². The van der Waals surface area contributed by atoms with E-state index in [0.29, 0.717) is 19.6 Å². The summed E-state index contributed by atoms with van der Waals surface area (Å²) < 4.78 is 13.2. The van der Waals surface area contributed by atoms with E-state index < -0.39 is 0 Å². The standard InChI is InChI=1S/C16H25N3O3/c1-12-9-19-10-13(4-5-15(19)17-12)18-16(20)6-8-21-11-14-3-2-7-22-14/h9,13-14H,2-8,10-11H2,1H3,(H,18,20). The maximum Gasteiger partial charge on any atom is 0.222 e. The van der Waals surface area contributed by atoms with Crippen LogP contribution in [0.15, 0.2) is 6.20 Å². The summed E-state index contributed by atoms with van der Waals surface area (Å²) in [5, 5.41) is 3.10. The van der Waals surface area contributed by atoms with Gasteiger partial charge >= 0.3 is 0 Å². The molecule has 1 saturated heterocycles. The lowest BCUT2D eigenvalue weighted by Crippen LogP contribution is -2.41. The predicted octanol–water partition coefficient (Wildman–Crippen LogP) is 1.21. The average Bonchev–Trinajstić information content (AvgIpc) is 3.11. The van der Waals surface area contributed by atoms with Crippen molar-refractivity contribution in [2.24, 2.45) is 0 Å². The van der Waals surface area contributed by atoms with Crippen molar-refractivity contribution in [3.63, 3.8) is 0 Å². The minimum Gasteiger partial charge on any atom is -0.378 e. The fraction of sp³-hybridized carbons (Fsp3) is 0.750. The van der Waals surface area contributed by atoms with Gasteiger partial charge in [-0.1, -0.05) is 0 Å². The van der Waals surface area contributed by atoms with Crippen molar-refractivity contribution in [2.45, 2.75) is 57.7 Å². The molecule has 22 heavy (non-hydrogen) atoms. The van der Waals surface area contributed by atoms with Crippen LogP contribution in [0.5, 0.6) is 0 Å². The van der Waals surface area contributed by atoms with Crippen LogP contribution in [0.3, 0.4) is 0 Å². The Morgan fingerprint density at radius 2 is 2.45 bits per heavy atom. The Hall–Kier alpha value is -1.40. The van der Waals surface area contributed by atoms with Crippen LogP contribution in [0.25, 0.3) is 0 Å². The number of aryl methyl sites for hydroxylation is 2. The number of aromatic nitrogens is 2. The van der Waals surface area contributed by atoms with Crippen LogP contribution in [0.1, 0.15) is 37.2 Å². The van der Waals surface area contributed by atoms with Crippen LogP contribution in [0.2, 0.25) is 0 Å². The van der Waals surface area contributed by atoms with E-state index in [9.17, 15) is 4.79 Å². The SMILES string of the molecule is Cc1cn2c(n1)CCC(NC(=O)CCOCC1CCCO1)C2. The van der Waals surface area contributed by atoms with E-state index >= 15 is 0 Å². The quantitative estimate of drug-likeness (QED) is 0.802. The smallest absolute Gasteiger partial charge is 0.222 e. The Labute approximate surface area is 131 Å². The van der Waals surface area contributed by atoms with Crippen molar-refractivity contribution in [1.82, 2.24) is 14.9 Å². The van der Waals surface area contributed by atoms with Gasteiger partial charge in [0.1, 0.15) is 5.82 Å². The van der Waals surface area contributed by atoms with Crippen molar-refractivity contribution in [3.05, 3.63) is 17.7 Å². The van der Waals surface area contributed by atoms with E-state index in [1.54, 1.807) is 0 Å². The number of carbonyl (C=O) groups excluding carboxylic acids is 1. The summed E-state index contributed by atoms with van der Waals surface area (Å²) in [6.45, 7) is 4.73. The topological polar surface area (TPSA) is 65.4 Å². The van der Waals surface area contributed by atoms with Crippen LogP contribution in [0.4, 0.5) is 0 Å². The average molecular weight is 307 g/mol. The van der Waals surface area contributed by atoms with Gasteiger partial charge in [0, 0.05) is 38.2 Å². The molecular weight excluding hydrogens is 282 g/mol. The highest BCUT2D eigenvalue weighted by Gasteiger charge is 2.21. The van der Waals surface area contributed by atoms with Gasteiger partial charge in [0.15, 0.2) is 0 Å². The molecule has 0 spiro atoms. The Kier molecular flexibility index (Phi) is 5.10. The highest BCUT2D eigenvalue weighted by atomic mass is 16.5. The number of imidazole rings is 1. The van der Waals surface area contributed by atoms with E-state index in [0.717, 1.165) is 50.4 Å². The molecular formula is C16H25N3O3. The first-order valence-corrected chi connectivity index (χ1v) is 8.22. The minimum absolute atomic E-state index is 0.0672. The molecule has 0 aliphatic carbocycles. The van der Waals surface area contributed by atoms with Gasteiger partial charge in [-0.15, -0.1) is 0 Å². The molecule has 2 unspecified atom stereocenters. The van der Waals surface area contributed by atoms with E-state index in [1.165, 1.54) is 0 Å². The lowest BCUT2D eigenvalue weighted by Gasteiger charge is -2.24. The summed E-state index contributed by atoms with van der Waals surface area (Å²) in [6, 6.07) is 0.201. The molecule has 2 aliphatic rings. The van der Waals surface area contributed by atoms with Crippen LogP contribution >= 0.6 is 0 Å². The molecule has 0 radical (unpaired) electrons. The number of rotatable bonds is 6. The normalized spacial score (nSPS) is 24.2. The molecule has 3 heterocycles. The zero-order valence-corrected chi connectivity index (χ0v) is 13.2. The Balaban J connectivity index is 1.33. The molecule has 6 nitrogen and oxygen atoms in total. The minimum atomic E-state index is 0.0672. The molecule has 2 atom stereocenters. The molecule has 1 fully saturated rings. The molecule has 3 rings (SSSR count). The van der Waals surface area contributed by atoms with E-state index in [2.05, 4.69) is 21.1 Å². The fourth-order valence-electron chi connectivity index (χ4n) is 3.16. The second kappa shape index (κ2) is 7.24. The summed E-state index contributed by atoms with van der Waals surface area (Å²) in [6.07, 6.45) is 6.77. The van der Waals surface area contributed by atoms with Gasteiger partial charge in [0.25, 0.3) is 0 Å². The molecule has 122 valence electrons. The molecule has 0 bridgehead atoms. The van der Waals surface area contributed by atoms with E-state index in [-0.39, 0.29) is 18.1 Å². The van der Waals surface area contributed by atoms with E-state index in [1.807, 2.05) is 6.92 Å². The van der Waals surface area contributed by atoms with Gasteiger partial charge in [-0.25, -0.2) is 4.98 Å². The van der Waals surface area contributed by atoms with Gasteiger partial charge in [0.2, 0.25) is 5.91 Å². The summed E-state index contributed by atoms with van der Waals surface area (Å²) in [5.41, 5.74) is 1.05. The molecule has 0 aromatic carbocycles. The zero-order valence-electron chi connectivity index (χ0n) is 13.2. The number of fused-ring (bicyclic) bond motifs is 1. The molecule has 1 aromatic heterocycles. The molecule has 1 N–H and O–H groups in total. The third-order valence-corrected chi connectivity index (χ3v) is 4.28. The summed E-state index contributed by atoms with van der Waals surface area (Å²) in [7, 11) is 0. The largest absolute Gasteiger partial charge is 0.378 e. The predicted molar refractivity (Wildman–Crippen MR) is 81.6 cm³/mol. The first kappa shape index (κ1) is 15.5. The summed E-state index contributed by atoms with van der Waals surface area (Å²) >= 11 is 0. The monoisotopic (exact) mass is 307 g/mol. The summed E-state index contributed by atoms with van der Waals surface area (Å²) in [5.74, 6) is 1.19. The van der Waals surface area contributed by atoms with Crippen LogP contribution in [0, 0.1) is 6.92 Å². The second-order valence-electron chi connectivity index (χ2n) is 6.21. The second-order valence-corrected chi connectivity index (χ2v) is 6.21. The van der Waals surface area contributed by atoms with Gasteiger partial charge in [-0.05, 0) is 26.2 Å². The molecule has 1 amide bonds. The molecule has 0 saturated carbocycles. The number of hydrogen-bond acceptors (Lipinski definition) is 4. The number of ether oxygens (including phenoxy) is 2. The van der Waals surface area contributed by atoms with Crippen molar-refractivity contribution in [3.8, 4) is 0 Å². The number of amides is 1. The Morgan fingerprint density at radius 1 is 1.55 bits per heavy atom. The lowest BCUT2D eigenvalue weighted by molar-refractivity contribution is -0.123. The van der Waals surface area contributed by atoms with Crippen LogP contribution in [-0.4, -0.2) is 47.4 Å². The van der Waals surface area contributed by atoms with Crippen molar-refractivity contribution < 1.29 is 14.3 Å². The highest BCUT2D eigenvalue weighted by Crippen LogP contribution is 2.15. The third kappa shape index (κ3) is 4.08. The maximum atomic E-state index is 12.0. The van der Waals surface area contributed by atoms with Gasteiger partial charge < -0.3 is 19.4 Å². The highest BCUT2D eigenvalue weighted by molar-refractivity contribution is 5.76. The molecule has 6 heteroatoms. The number of nitrogens with one attached hydrogen (secondary N) is 1. The maximum absolute atomic E-state index is 12.0. The number of hydrogen-bond donors (Lipinski definition) is 1. The number of carbonyl (C=O) groups is 1. The zero-order chi connectivity index (χ0) is 15.4. The van der Waals surface area contributed by atoms with Crippen LogP contribution < -0.4 is 5.32 Å². The van der Waals surface area contributed by atoms with Crippen molar-refractivity contribution in [2.75, 3.05) is 19.8 Å². The first-order chi connectivity index (χ1) is 10.7. The Morgan fingerprint density at radius 3 is 3.27 bits per heavy atom. The van der Waals surface area contributed by atoms with E-state index in [4.69, 9.17) is 9.47 Å². The number of nitrogens with zero attached hydrogens (tertiary/aromatic N) is 2. The Bertz CT molecular complexity index is 509. The van der Waals surface area contributed by atoms with Gasteiger partial charge in [-0.2, -0.15) is 0 Å². The lowest BCUT2D eigenvalue weighted by atomic mass is 10.1. The third-order valence-electron chi connectivity index (χ3n) is 4.28.